The molecule has 0 fully saturated rings. The van der Waals surface area contributed by atoms with Gasteiger partial charge in [0, 0.05) is 0 Å². The second kappa shape index (κ2) is 5.08. The summed E-state index contributed by atoms with van der Waals surface area (Å²) in [5.74, 6) is -0.506. The van der Waals surface area contributed by atoms with Crippen molar-refractivity contribution in [3.63, 3.8) is 0 Å². The summed E-state index contributed by atoms with van der Waals surface area (Å²) in [6.45, 7) is 0. The normalized spacial score (nSPS) is 10.7. The number of hydrogen-bond donors (Lipinski definition) is 0. The summed E-state index contributed by atoms with van der Waals surface area (Å²) >= 11 is 0. The maximum absolute atomic E-state index is 12.7. The number of rotatable bonds is 3. The Morgan fingerprint density at radius 1 is 1.11 bits per heavy atom. The lowest BCUT2D eigenvalue weighted by Crippen LogP contribution is -2.09. The van der Waals surface area contributed by atoms with Crippen LogP contribution in [-0.4, -0.2) is 8.42 Å². The summed E-state index contributed by atoms with van der Waals surface area (Å²) in [4.78, 5) is -0.156. The third-order valence-corrected chi connectivity index (χ3v) is 3.53. The molecule has 6 heteroatoms. The molecule has 0 bridgehead atoms. The van der Waals surface area contributed by atoms with Gasteiger partial charge in [0.05, 0.1) is 11.6 Å². The van der Waals surface area contributed by atoms with Crippen LogP contribution in [0.1, 0.15) is 5.56 Å². The summed E-state index contributed by atoms with van der Waals surface area (Å²) in [5, 5.41) is 8.71. The lowest BCUT2D eigenvalue weighted by Gasteiger charge is -2.06. The molecule has 0 saturated heterocycles. The molecule has 0 saturated carbocycles. The van der Waals surface area contributed by atoms with Crippen molar-refractivity contribution in [3.05, 3.63) is 59.9 Å². The summed E-state index contributed by atoms with van der Waals surface area (Å²) in [6.07, 6.45) is 0. The van der Waals surface area contributed by atoms with Crippen LogP contribution in [0.2, 0.25) is 0 Å². The first kappa shape index (κ1) is 13.1. The predicted molar refractivity (Wildman–Crippen MR) is 65.4 cm³/mol. The standard InChI is InChI=1S/C13H8FNO3S/c14-11-4-6-13(7-5-11)19(16,17)18-12-3-1-2-10(8-12)9-15/h1-8H. The zero-order valence-electron chi connectivity index (χ0n) is 9.58. The lowest BCUT2D eigenvalue weighted by molar-refractivity contribution is 0.486. The molecule has 0 aliphatic rings. The monoisotopic (exact) mass is 277 g/mol. The molecule has 0 N–H and O–H groups in total. The molecule has 0 amide bonds. The number of halogens is 1. The van der Waals surface area contributed by atoms with Crippen LogP contribution in [0.25, 0.3) is 0 Å². The van der Waals surface area contributed by atoms with Crippen LogP contribution in [0, 0.1) is 17.1 Å². The third kappa shape index (κ3) is 3.09. The van der Waals surface area contributed by atoms with Gasteiger partial charge in [-0.15, -0.1) is 0 Å². The molecule has 0 aliphatic heterocycles. The van der Waals surface area contributed by atoms with Crippen molar-refractivity contribution < 1.29 is 17.0 Å². The van der Waals surface area contributed by atoms with Gasteiger partial charge in [-0.1, -0.05) is 6.07 Å². The number of nitrogens with zero attached hydrogens (tertiary/aromatic N) is 1. The maximum Gasteiger partial charge on any atom is 0.339 e. The highest BCUT2D eigenvalue weighted by molar-refractivity contribution is 7.87. The van der Waals surface area contributed by atoms with Crippen LogP contribution in [0.5, 0.6) is 5.75 Å². The molecule has 0 radical (unpaired) electrons. The summed E-state index contributed by atoms with van der Waals surface area (Å²) < 4.78 is 41.4. The highest BCUT2D eigenvalue weighted by Crippen LogP contribution is 2.19. The van der Waals surface area contributed by atoms with Crippen molar-refractivity contribution in [1.29, 1.82) is 5.26 Å². The highest BCUT2D eigenvalue weighted by Gasteiger charge is 2.16. The van der Waals surface area contributed by atoms with E-state index in [1.54, 1.807) is 0 Å². The van der Waals surface area contributed by atoms with Gasteiger partial charge in [-0.25, -0.2) is 4.39 Å². The second-order valence-electron chi connectivity index (χ2n) is 3.63. The van der Waals surface area contributed by atoms with Crippen molar-refractivity contribution in [2.24, 2.45) is 0 Å². The van der Waals surface area contributed by atoms with Crippen molar-refractivity contribution in [2.45, 2.75) is 4.90 Å². The van der Waals surface area contributed by atoms with E-state index >= 15 is 0 Å². The van der Waals surface area contributed by atoms with Crippen molar-refractivity contribution in [3.8, 4) is 11.8 Å². The van der Waals surface area contributed by atoms with Crippen molar-refractivity contribution in [2.75, 3.05) is 0 Å². The second-order valence-corrected chi connectivity index (χ2v) is 5.18. The molecule has 0 aliphatic carbocycles. The van der Waals surface area contributed by atoms with Gasteiger partial charge in [0.15, 0.2) is 0 Å². The van der Waals surface area contributed by atoms with Crippen LogP contribution in [0.3, 0.4) is 0 Å². The fourth-order valence-electron chi connectivity index (χ4n) is 1.39. The minimum absolute atomic E-state index is 0.0309. The van der Waals surface area contributed by atoms with E-state index < -0.39 is 15.9 Å². The average Bonchev–Trinajstić information content (AvgIpc) is 2.39. The van der Waals surface area contributed by atoms with Crippen LogP contribution >= 0.6 is 0 Å². The van der Waals surface area contributed by atoms with Crippen LogP contribution < -0.4 is 4.18 Å². The van der Waals surface area contributed by atoms with Gasteiger partial charge in [-0.3, -0.25) is 0 Å². The molecular formula is C13H8FNO3S. The molecule has 2 rings (SSSR count). The van der Waals surface area contributed by atoms with E-state index in [2.05, 4.69) is 0 Å². The minimum Gasteiger partial charge on any atom is -0.379 e. The molecule has 0 unspecified atom stereocenters. The van der Waals surface area contributed by atoms with Gasteiger partial charge in [0.2, 0.25) is 0 Å². The topological polar surface area (TPSA) is 67.2 Å². The molecule has 19 heavy (non-hydrogen) atoms. The molecule has 2 aromatic rings. The Hall–Kier alpha value is -2.39. The van der Waals surface area contributed by atoms with Gasteiger partial charge >= 0.3 is 10.1 Å². The first-order chi connectivity index (χ1) is 9.01. The number of nitriles is 1. The number of hydrogen-bond acceptors (Lipinski definition) is 4. The Morgan fingerprint density at radius 2 is 1.79 bits per heavy atom. The first-order valence-electron chi connectivity index (χ1n) is 5.21. The van der Waals surface area contributed by atoms with E-state index in [1.165, 1.54) is 24.3 Å². The summed E-state index contributed by atoms with van der Waals surface area (Å²) in [5.41, 5.74) is 0.284. The highest BCUT2D eigenvalue weighted by atomic mass is 32.2. The predicted octanol–water partition coefficient (Wildman–Crippen LogP) is 2.47. The molecule has 0 spiro atoms. The molecular weight excluding hydrogens is 269 g/mol. The Kier molecular flexibility index (Phi) is 3.49. The molecule has 4 nitrogen and oxygen atoms in total. The van der Waals surface area contributed by atoms with Gasteiger partial charge in [-0.2, -0.15) is 13.7 Å². The molecule has 2 aromatic carbocycles. The van der Waals surface area contributed by atoms with Crippen LogP contribution in [-0.2, 0) is 10.1 Å². The van der Waals surface area contributed by atoms with E-state index in [0.717, 1.165) is 24.3 Å². The Labute approximate surface area is 109 Å². The summed E-state index contributed by atoms with van der Waals surface area (Å²) in [6, 6.07) is 11.9. The fourth-order valence-corrected chi connectivity index (χ4v) is 2.32. The quantitative estimate of drug-likeness (QED) is 0.808. The van der Waals surface area contributed by atoms with E-state index in [9.17, 15) is 12.8 Å². The number of benzene rings is 2. The van der Waals surface area contributed by atoms with E-state index in [0.29, 0.717) is 0 Å². The van der Waals surface area contributed by atoms with Crippen LogP contribution in [0.4, 0.5) is 4.39 Å². The van der Waals surface area contributed by atoms with Gasteiger partial charge in [0.1, 0.15) is 16.5 Å². The maximum atomic E-state index is 12.7. The van der Waals surface area contributed by atoms with Gasteiger partial charge in [0.25, 0.3) is 0 Å². The minimum atomic E-state index is -4.03. The van der Waals surface area contributed by atoms with Crippen molar-refractivity contribution >= 4 is 10.1 Å². The molecule has 0 aromatic heterocycles. The third-order valence-electron chi connectivity index (χ3n) is 2.27. The zero-order chi connectivity index (χ0) is 13.9. The van der Waals surface area contributed by atoms with Gasteiger partial charge < -0.3 is 4.18 Å². The van der Waals surface area contributed by atoms with E-state index in [-0.39, 0.29) is 16.2 Å². The smallest absolute Gasteiger partial charge is 0.339 e. The van der Waals surface area contributed by atoms with Crippen molar-refractivity contribution in [1.82, 2.24) is 0 Å². The SMILES string of the molecule is N#Cc1cccc(OS(=O)(=O)c2ccc(F)cc2)c1. The average molecular weight is 277 g/mol. The Bertz CT molecular complexity index is 733. The Morgan fingerprint density at radius 3 is 2.42 bits per heavy atom. The summed E-state index contributed by atoms with van der Waals surface area (Å²) in [7, 11) is -4.03. The molecule has 0 atom stereocenters. The first-order valence-corrected chi connectivity index (χ1v) is 6.62. The molecule has 0 heterocycles. The zero-order valence-corrected chi connectivity index (χ0v) is 10.4. The lowest BCUT2D eigenvalue weighted by atomic mass is 10.2. The fraction of sp³-hybridized carbons (Fsp3) is 0. The largest absolute Gasteiger partial charge is 0.379 e. The van der Waals surface area contributed by atoms with E-state index in [4.69, 9.17) is 9.44 Å². The van der Waals surface area contributed by atoms with Gasteiger partial charge in [-0.05, 0) is 42.5 Å². The van der Waals surface area contributed by atoms with E-state index in [1.807, 2.05) is 6.07 Å². The van der Waals surface area contributed by atoms with Crippen LogP contribution in [0.15, 0.2) is 53.4 Å². The Balaban J connectivity index is 2.31. The molecule has 96 valence electrons.